The SMILES string of the molecule is Clc1ccc(/C=C2\OC(=Nc3ccccc3)c3ccccc32)cc1. The van der Waals surface area contributed by atoms with Crippen molar-refractivity contribution in [2.24, 2.45) is 4.99 Å². The third-order valence-electron chi connectivity index (χ3n) is 3.78. The Morgan fingerprint density at radius 1 is 0.750 bits per heavy atom. The fourth-order valence-electron chi connectivity index (χ4n) is 2.62. The van der Waals surface area contributed by atoms with Gasteiger partial charge in [0.1, 0.15) is 5.76 Å². The standard InChI is InChI=1S/C21H14ClNO/c22-16-12-10-15(11-13-16)14-20-18-8-4-5-9-19(18)21(24-20)23-17-6-2-1-3-7-17/h1-14H/b20-14-,23-21?. The summed E-state index contributed by atoms with van der Waals surface area (Å²) in [6.07, 6.45) is 2.00. The zero-order chi connectivity index (χ0) is 16.4. The van der Waals surface area contributed by atoms with Crippen molar-refractivity contribution in [1.29, 1.82) is 0 Å². The van der Waals surface area contributed by atoms with E-state index in [2.05, 4.69) is 4.99 Å². The number of aliphatic imine (C=N–C) groups is 1. The molecule has 24 heavy (non-hydrogen) atoms. The zero-order valence-corrected chi connectivity index (χ0v) is 13.6. The molecule has 0 atom stereocenters. The first-order valence-corrected chi connectivity index (χ1v) is 8.06. The van der Waals surface area contributed by atoms with E-state index in [4.69, 9.17) is 16.3 Å². The molecule has 0 aliphatic carbocycles. The second-order valence-corrected chi connectivity index (χ2v) is 5.90. The van der Waals surface area contributed by atoms with E-state index in [0.29, 0.717) is 5.90 Å². The minimum Gasteiger partial charge on any atom is -0.438 e. The highest BCUT2D eigenvalue weighted by Crippen LogP contribution is 2.33. The fraction of sp³-hybridized carbons (Fsp3) is 0. The van der Waals surface area contributed by atoms with E-state index in [1.807, 2.05) is 84.9 Å². The van der Waals surface area contributed by atoms with E-state index in [9.17, 15) is 0 Å². The maximum atomic E-state index is 6.05. The third kappa shape index (κ3) is 2.97. The van der Waals surface area contributed by atoms with Gasteiger partial charge in [-0.05, 0) is 42.0 Å². The summed E-state index contributed by atoms with van der Waals surface area (Å²) in [6.45, 7) is 0. The number of para-hydroxylation sites is 1. The van der Waals surface area contributed by atoms with E-state index in [0.717, 1.165) is 33.2 Å². The lowest BCUT2D eigenvalue weighted by atomic mass is 10.1. The van der Waals surface area contributed by atoms with Crippen LogP contribution in [0.5, 0.6) is 0 Å². The van der Waals surface area contributed by atoms with Crippen molar-refractivity contribution in [2.75, 3.05) is 0 Å². The molecule has 0 N–H and O–H groups in total. The topological polar surface area (TPSA) is 21.6 Å². The van der Waals surface area contributed by atoms with Gasteiger partial charge in [-0.3, -0.25) is 0 Å². The number of nitrogens with zero attached hydrogens (tertiary/aromatic N) is 1. The van der Waals surface area contributed by atoms with Gasteiger partial charge in [0.05, 0.1) is 5.69 Å². The van der Waals surface area contributed by atoms with Crippen molar-refractivity contribution >= 4 is 35.0 Å². The molecule has 0 unspecified atom stereocenters. The van der Waals surface area contributed by atoms with Gasteiger partial charge in [0, 0.05) is 16.1 Å². The first-order valence-electron chi connectivity index (χ1n) is 7.68. The number of rotatable bonds is 2. The summed E-state index contributed by atoms with van der Waals surface area (Å²) < 4.78 is 6.05. The van der Waals surface area contributed by atoms with Gasteiger partial charge >= 0.3 is 0 Å². The molecule has 0 aromatic heterocycles. The molecule has 1 heterocycles. The highest BCUT2D eigenvalue weighted by atomic mass is 35.5. The Kier molecular flexibility index (Phi) is 3.89. The molecule has 1 aliphatic heterocycles. The molecular weight excluding hydrogens is 318 g/mol. The molecule has 0 radical (unpaired) electrons. The summed E-state index contributed by atoms with van der Waals surface area (Å²) in [5, 5.41) is 0.719. The molecule has 3 aromatic rings. The Balaban J connectivity index is 1.76. The van der Waals surface area contributed by atoms with E-state index >= 15 is 0 Å². The van der Waals surface area contributed by atoms with Crippen molar-refractivity contribution in [1.82, 2.24) is 0 Å². The fourth-order valence-corrected chi connectivity index (χ4v) is 2.74. The van der Waals surface area contributed by atoms with Gasteiger partial charge in [-0.25, -0.2) is 4.99 Å². The molecule has 1 aliphatic rings. The van der Waals surface area contributed by atoms with Crippen LogP contribution >= 0.6 is 11.6 Å². The van der Waals surface area contributed by atoms with Crippen LogP contribution < -0.4 is 0 Å². The Morgan fingerprint density at radius 2 is 1.42 bits per heavy atom. The van der Waals surface area contributed by atoms with Crippen LogP contribution in [0.25, 0.3) is 11.8 Å². The molecule has 4 rings (SSSR count). The Hall–Kier alpha value is -2.84. The lowest BCUT2D eigenvalue weighted by Gasteiger charge is -2.01. The zero-order valence-electron chi connectivity index (χ0n) is 12.8. The van der Waals surface area contributed by atoms with Crippen LogP contribution in [0.4, 0.5) is 5.69 Å². The lowest BCUT2D eigenvalue weighted by molar-refractivity contribution is 0.529. The highest BCUT2D eigenvalue weighted by Gasteiger charge is 2.24. The molecule has 0 saturated carbocycles. The van der Waals surface area contributed by atoms with Crippen LogP contribution in [-0.4, -0.2) is 5.90 Å². The summed E-state index contributed by atoms with van der Waals surface area (Å²) in [6, 6.07) is 25.6. The average molecular weight is 332 g/mol. The van der Waals surface area contributed by atoms with Gasteiger partial charge in [0.15, 0.2) is 0 Å². The summed E-state index contributed by atoms with van der Waals surface area (Å²) >= 11 is 5.95. The van der Waals surface area contributed by atoms with Gasteiger partial charge < -0.3 is 4.74 Å². The van der Waals surface area contributed by atoms with Gasteiger partial charge in [-0.1, -0.05) is 60.1 Å². The molecule has 116 valence electrons. The number of hydrogen-bond acceptors (Lipinski definition) is 2. The normalized spacial score (nSPS) is 16.2. The predicted molar refractivity (Wildman–Crippen MR) is 99.5 cm³/mol. The number of fused-ring (bicyclic) bond motifs is 1. The Labute approximate surface area is 145 Å². The van der Waals surface area contributed by atoms with E-state index in [1.54, 1.807) is 0 Å². The van der Waals surface area contributed by atoms with Crippen LogP contribution in [-0.2, 0) is 4.74 Å². The molecule has 2 nitrogen and oxygen atoms in total. The Bertz CT molecular complexity index is 928. The van der Waals surface area contributed by atoms with Crippen molar-refractivity contribution < 1.29 is 4.74 Å². The molecule has 0 spiro atoms. The second-order valence-electron chi connectivity index (χ2n) is 5.46. The molecule has 3 aromatic carbocycles. The first kappa shape index (κ1) is 14.7. The van der Waals surface area contributed by atoms with Crippen molar-refractivity contribution in [3.05, 3.63) is 101 Å². The van der Waals surface area contributed by atoms with E-state index in [-0.39, 0.29) is 0 Å². The number of halogens is 1. The van der Waals surface area contributed by atoms with Crippen molar-refractivity contribution in [3.63, 3.8) is 0 Å². The lowest BCUT2D eigenvalue weighted by Crippen LogP contribution is -1.95. The van der Waals surface area contributed by atoms with Crippen LogP contribution in [0.2, 0.25) is 5.02 Å². The third-order valence-corrected chi connectivity index (χ3v) is 4.04. The first-order chi connectivity index (χ1) is 11.8. The van der Waals surface area contributed by atoms with Gasteiger partial charge in [-0.2, -0.15) is 0 Å². The van der Waals surface area contributed by atoms with Crippen LogP contribution in [0, 0.1) is 0 Å². The number of ether oxygens (including phenoxy) is 1. The van der Waals surface area contributed by atoms with Gasteiger partial charge in [0.25, 0.3) is 0 Å². The maximum absolute atomic E-state index is 6.05. The summed E-state index contributed by atoms with van der Waals surface area (Å²) in [5.74, 6) is 1.42. The minimum atomic E-state index is 0.622. The summed E-state index contributed by atoms with van der Waals surface area (Å²) in [5.41, 5.74) is 3.95. The Morgan fingerprint density at radius 3 is 2.17 bits per heavy atom. The molecule has 3 heteroatoms. The number of benzene rings is 3. The van der Waals surface area contributed by atoms with Gasteiger partial charge in [0.2, 0.25) is 5.90 Å². The van der Waals surface area contributed by atoms with E-state index in [1.165, 1.54) is 0 Å². The quantitative estimate of drug-likeness (QED) is 0.569. The monoisotopic (exact) mass is 331 g/mol. The van der Waals surface area contributed by atoms with Crippen molar-refractivity contribution in [3.8, 4) is 0 Å². The highest BCUT2D eigenvalue weighted by molar-refractivity contribution is 6.30. The largest absolute Gasteiger partial charge is 0.438 e. The molecule has 0 saturated heterocycles. The van der Waals surface area contributed by atoms with Crippen LogP contribution in [0.15, 0.2) is 83.9 Å². The molecule has 0 fully saturated rings. The predicted octanol–water partition coefficient (Wildman–Crippen LogP) is 5.95. The molecule has 0 bridgehead atoms. The average Bonchev–Trinajstić information content (AvgIpc) is 2.96. The molecular formula is C21H14ClNO. The minimum absolute atomic E-state index is 0.622. The number of hydrogen-bond donors (Lipinski definition) is 0. The summed E-state index contributed by atoms with van der Waals surface area (Å²) in [4.78, 5) is 4.64. The second kappa shape index (κ2) is 6.34. The van der Waals surface area contributed by atoms with Crippen molar-refractivity contribution in [2.45, 2.75) is 0 Å². The smallest absolute Gasteiger partial charge is 0.227 e. The molecule has 0 amide bonds. The van der Waals surface area contributed by atoms with Crippen LogP contribution in [0.1, 0.15) is 16.7 Å². The summed E-state index contributed by atoms with van der Waals surface area (Å²) in [7, 11) is 0. The maximum Gasteiger partial charge on any atom is 0.227 e. The van der Waals surface area contributed by atoms with Gasteiger partial charge in [-0.15, -0.1) is 0 Å². The van der Waals surface area contributed by atoms with Crippen LogP contribution in [0.3, 0.4) is 0 Å². The van der Waals surface area contributed by atoms with E-state index < -0.39 is 0 Å².